The van der Waals surface area contributed by atoms with Crippen molar-refractivity contribution in [3.63, 3.8) is 0 Å². The van der Waals surface area contributed by atoms with Crippen LogP contribution < -0.4 is 15.4 Å². The van der Waals surface area contributed by atoms with Crippen LogP contribution >= 0.6 is 0 Å². The molecule has 0 bridgehead atoms. The summed E-state index contributed by atoms with van der Waals surface area (Å²) in [4.78, 5) is 35.6. The van der Waals surface area contributed by atoms with Crippen LogP contribution in [0.1, 0.15) is 21.5 Å². The Morgan fingerprint density at radius 3 is 2.55 bits per heavy atom. The van der Waals surface area contributed by atoms with Crippen LogP contribution in [0, 0.1) is 13.8 Å². The lowest BCUT2D eigenvalue weighted by Gasteiger charge is -2.12. The molecule has 29 heavy (non-hydrogen) atoms. The molecule has 148 valence electrons. The minimum absolute atomic E-state index is 0.173. The van der Waals surface area contributed by atoms with Crippen LogP contribution in [0.25, 0.3) is 10.8 Å². The third-order valence-corrected chi connectivity index (χ3v) is 4.73. The third-order valence-electron chi connectivity index (χ3n) is 4.73. The van der Waals surface area contributed by atoms with Crippen molar-refractivity contribution in [2.45, 2.75) is 13.8 Å². The average Bonchev–Trinajstić information content (AvgIpc) is 2.73. The fourth-order valence-electron chi connectivity index (χ4n) is 2.98. The van der Waals surface area contributed by atoms with Crippen LogP contribution in [0.3, 0.4) is 0 Å². The summed E-state index contributed by atoms with van der Waals surface area (Å²) >= 11 is 0. The van der Waals surface area contributed by atoms with Gasteiger partial charge >= 0.3 is 0 Å². The molecule has 0 unspecified atom stereocenters. The zero-order chi connectivity index (χ0) is 20.8. The average molecular weight is 390 g/mol. The molecule has 3 rings (SSSR count). The molecule has 0 aromatic heterocycles. The number of nitrogens with one attached hydrogen (secondary N) is 2. The summed E-state index contributed by atoms with van der Waals surface area (Å²) < 4.78 is 5.51. The molecule has 0 radical (unpaired) electrons. The first kappa shape index (κ1) is 20.1. The number of hydrogen-bond donors (Lipinski definition) is 2. The normalized spacial score (nSPS) is 10.4. The Bertz CT molecular complexity index is 1080. The predicted octanol–water partition coefficient (Wildman–Crippen LogP) is 3.40. The fraction of sp³-hybridized carbons (Fsp3) is 0.174. The molecular formula is C23H22N2O4. The summed E-state index contributed by atoms with van der Waals surface area (Å²) in [6.07, 6.45) is 0.715. The number of hydrogen-bond acceptors (Lipinski definition) is 4. The highest BCUT2D eigenvalue weighted by Crippen LogP contribution is 2.26. The fourth-order valence-corrected chi connectivity index (χ4v) is 2.98. The second-order valence-electron chi connectivity index (χ2n) is 6.68. The SMILES string of the molecule is Cc1cccc(NC(=O)CNC(=O)COc2ccc3ccccc3c2C=O)c1C. The highest BCUT2D eigenvalue weighted by molar-refractivity contribution is 6.01. The minimum Gasteiger partial charge on any atom is -0.483 e. The van der Waals surface area contributed by atoms with E-state index in [0.29, 0.717) is 23.3 Å². The number of carbonyl (C=O) groups is 3. The van der Waals surface area contributed by atoms with E-state index >= 15 is 0 Å². The molecule has 3 aromatic carbocycles. The van der Waals surface area contributed by atoms with Gasteiger partial charge in [-0.05, 0) is 47.9 Å². The topological polar surface area (TPSA) is 84.5 Å². The molecule has 0 heterocycles. The zero-order valence-corrected chi connectivity index (χ0v) is 16.3. The molecule has 2 amide bonds. The summed E-state index contributed by atoms with van der Waals surface area (Å²) in [7, 11) is 0. The van der Waals surface area contributed by atoms with E-state index in [2.05, 4.69) is 10.6 Å². The standard InChI is InChI=1S/C23H22N2O4/c1-15-6-5-9-20(16(15)2)25-22(27)12-24-23(28)14-29-21-11-10-17-7-3-4-8-18(17)19(21)13-26/h3-11,13H,12,14H2,1-2H3,(H,24,28)(H,25,27). The summed E-state index contributed by atoms with van der Waals surface area (Å²) in [6, 6.07) is 16.6. The number of aldehydes is 1. The van der Waals surface area contributed by atoms with Crippen molar-refractivity contribution < 1.29 is 19.1 Å². The van der Waals surface area contributed by atoms with E-state index in [1.165, 1.54) is 0 Å². The van der Waals surface area contributed by atoms with Gasteiger partial charge in [0, 0.05) is 5.69 Å². The number of benzene rings is 3. The van der Waals surface area contributed by atoms with Gasteiger partial charge in [0.25, 0.3) is 5.91 Å². The molecule has 0 saturated heterocycles. The van der Waals surface area contributed by atoms with E-state index < -0.39 is 5.91 Å². The Kier molecular flexibility index (Phi) is 6.24. The van der Waals surface area contributed by atoms with Gasteiger partial charge in [-0.15, -0.1) is 0 Å². The van der Waals surface area contributed by atoms with Gasteiger partial charge in [0.15, 0.2) is 12.9 Å². The van der Waals surface area contributed by atoms with E-state index in [0.717, 1.165) is 21.9 Å². The van der Waals surface area contributed by atoms with Crippen LogP contribution in [-0.4, -0.2) is 31.3 Å². The van der Waals surface area contributed by atoms with E-state index in [4.69, 9.17) is 4.74 Å². The maximum atomic E-state index is 12.1. The molecule has 6 heteroatoms. The van der Waals surface area contributed by atoms with Crippen molar-refractivity contribution >= 4 is 34.6 Å². The first-order valence-electron chi connectivity index (χ1n) is 9.22. The summed E-state index contributed by atoms with van der Waals surface area (Å²) in [5, 5.41) is 6.96. The second-order valence-corrected chi connectivity index (χ2v) is 6.68. The molecule has 0 aliphatic rings. The van der Waals surface area contributed by atoms with E-state index in [9.17, 15) is 14.4 Å². The molecular weight excluding hydrogens is 368 g/mol. The van der Waals surface area contributed by atoms with Crippen LogP contribution in [0.5, 0.6) is 5.75 Å². The van der Waals surface area contributed by atoms with E-state index in [-0.39, 0.29) is 19.1 Å². The summed E-state index contributed by atoms with van der Waals surface area (Å²) in [5.41, 5.74) is 3.16. The first-order chi connectivity index (χ1) is 14.0. The maximum Gasteiger partial charge on any atom is 0.258 e. The molecule has 3 aromatic rings. The lowest BCUT2D eigenvalue weighted by Crippen LogP contribution is -2.36. The monoisotopic (exact) mass is 390 g/mol. The Labute approximate surface area is 168 Å². The van der Waals surface area contributed by atoms with Crippen LogP contribution in [0.4, 0.5) is 5.69 Å². The Balaban J connectivity index is 1.55. The van der Waals surface area contributed by atoms with Crippen molar-refractivity contribution in [3.05, 3.63) is 71.3 Å². The molecule has 0 fully saturated rings. The lowest BCUT2D eigenvalue weighted by atomic mass is 10.0. The number of amides is 2. The van der Waals surface area contributed by atoms with Crippen molar-refractivity contribution in [2.75, 3.05) is 18.5 Å². The summed E-state index contributed by atoms with van der Waals surface area (Å²) in [5.74, 6) is -0.453. The summed E-state index contributed by atoms with van der Waals surface area (Å²) in [6.45, 7) is 3.42. The van der Waals surface area contributed by atoms with Crippen molar-refractivity contribution in [2.24, 2.45) is 0 Å². The first-order valence-corrected chi connectivity index (χ1v) is 9.22. The zero-order valence-electron chi connectivity index (χ0n) is 16.3. The largest absolute Gasteiger partial charge is 0.483 e. The van der Waals surface area contributed by atoms with Crippen LogP contribution in [0.2, 0.25) is 0 Å². The predicted molar refractivity (Wildman–Crippen MR) is 112 cm³/mol. The van der Waals surface area contributed by atoms with Crippen molar-refractivity contribution in [1.82, 2.24) is 5.32 Å². The quantitative estimate of drug-likeness (QED) is 0.606. The van der Waals surface area contributed by atoms with E-state index in [1.54, 1.807) is 6.07 Å². The van der Waals surface area contributed by atoms with Gasteiger partial charge in [-0.25, -0.2) is 0 Å². The Morgan fingerprint density at radius 1 is 0.966 bits per heavy atom. The molecule has 0 spiro atoms. The molecule has 0 atom stereocenters. The molecule has 2 N–H and O–H groups in total. The van der Waals surface area contributed by atoms with Gasteiger partial charge in [0.05, 0.1) is 12.1 Å². The lowest BCUT2D eigenvalue weighted by molar-refractivity contribution is -0.125. The molecule has 0 aliphatic heterocycles. The number of ether oxygens (including phenoxy) is 1. The number of fused-ring (bicyclic) bond motifs is 1. The van der Waals surface area contributed by atoms with Gasteiger partial charge < -0.3 is 15.4 Å². The molecule has 0 saturated carbocycles. The van der Waals surface area contributed by atoms with Crippen LogP contribution in [-0.2, 0) is 9.59 Å². The van der Waals surface area contributed by atoms with E-state index in [1.807, 2.05) is 62.4 Å². The van der Waals surface area contributed by atoms with Crippen LogP contribution in [0.15, 0.2) is 54.6 Å². The van der Waals surface area contributed by atoms with Gasteiger partial charge in [-0.3, -0.25) is 14.4 Å². The highest BCUT2D eigenvalue weighted by atomic mass is 16.5. The number of carbonyl (C=O) groups excluding carboxylic acids is 3. The number of aryl methyl sites for hydroxylation is 1. The maximum absolute atomic E-state index is 12.1. The third kappa shape index (κ3) is 4.79. The van der Waals surface area contributed by atoms with Gasteiger partial charge in [0.2, 0.25) is 5.91 Å². The molecule has 0 aliphatic carbocycles. The number of anilines is 1. The Hall–Kier alpha value is -3.67. The Morgan fingerprint density at radius 2 is 1.76 bits per heavy atom. The molecule has 6 nitrogen and oxygen atoms in total. The highest BCUT2D eigenvalue weighted by Gasteiger charge is 2.12. The van der Waals surface area contributed by atoms with Crippen molar-refractivity contribution in [3.8, 4) is 5.75 Å². The smallest absolute Gasteiger partial charge is 0.258 e. The van der Waals surface area contributed by atoms with Gasteiger partial charge in [-0.1, -0.05) is 42.5 Å². The number of rotatable bonds is 7. The second kappa shape index (κ2) is 9.01. The van der Waals surface area contributed by atoms with Crippen molar-refractivity contribution in [1.29, 1.82) is 0 Å². The van der Waals surface area contributed by atoms with Gasteiger partial charge in [0.1, 0.15) is 5.75 Å². The van der Waals surface area contributed by atoms with Gasteiger partial charge in [-0.2, -0.15) is 0 Å². The minimum atomic E-state index is -0.453.